The summed E-state index contributed by atoms with van der Waals surface area (Å²) in [4.78, 5) is 15.2. The standard InChI is InChI=1S/C29H27ClN2O3S/c1-21-13-14-22(2)27(17-21)31-36(34,35)28-18-25(15-16-26(28)30)29(33)32(19-23-9-5-3-6-10-23)20-24-11-7-4-8-12-24/h3-18,31H,19-20H2,1-2H3. The number of sulfonamides is 1. The lowest BCUT2D eigenvalue weighted by Gasteiger charge is -2.24. The fourth-order valence-corrected chi connectivity index (χ4v) is 5.53. The van der Waals surface area contributed by atoms with Crippen LogP contribution < -0.4 is 4.72 Å². The van der Waals surface area contributed by atoms with Crippen molar-refractivity contribution >= 4 is 33.2 Å². The zero-order chi connectivity index (χ0) is 25.7. The van der Waals surface area contributed by atoms with Crippen LogP contribution in [-0.4, -0.2) is 19.2 Å². The Hall–Kier alpha value is -3.61. The van der Waals surface area contributed by atoms with Crippen molar-refractivity contribution in [2.75, 3.05) is 4.72 Å². The monoisotopic (exact) mass is 518 g/mol. The number of carbonyl (C=O) groups excluding carboxylic acids is 1. The van der Waals surface area contributed by atoms with Gasteiger partial charge >= 0.3 is 0 Å². The number of anilines is 1. The summed E-state index contributed by atoms with van der Waals surface area (Å²) < 4.78 is 29.2. The maximum atomic E-state index is 13.7. The molecule has 4 aromatic rings. The average Bonchev–Trinajstić information content (AvgIpc) is 2.87. The van der Waals surface area contributed by atoms with Crippen molar-refractivity contribution in [1.29, 1.82) is 0 Å². The molecule has 7 heteroatoms. The van der Waals surface area contributed by atoms with E-state index in [1.165, 1.54) is 12.1 Å². The molecule has 0 aromatic heterocycles. The van der Waals surface area contributed by atoms with Gasteiger partial charge in [0.25, 0.3) is 15.9 Å². The first-order chi connectivity index (χ1) is 17.2. The van der Waals surface area contributed by atoms with E-state index in [0.717, 1.165) is 22.3 Å². The highest BCUT2D eigenvalue weighted by molar-refractivity contribution is 7.92. The number of halogens is 1. The predicted molar refractivity (Wildman–Crippen MR) is 145 cm³/mol. The van der Waals surface area contributed by atoms with Crippen molar-refractivity contribution in [3.63, 3.8) is 0 Å². The van der Waals surface area contributed by atoms with Crippen LogP contribution >= 0.6 is 11.6 Å². The molecule has 0 aliphatic carbocycles. The molecule has 1 amide bonds. The number of aryl methyl sites for hydroxylation is 2. The van der Waals surface area contributed by atoms with Gasteiger partial charge in [0.1, 0.15) is 4.90 Å². The summed E-state index contributed by atoms with van der Waals surface area (Å²) in [5.41, 5.74) is 4.36. The van der Waals surface area contributed by atoms with Crippen LogP contribution in [0, 0.1) is 13.8 Å². The van der Waals surface area contributed by atoms with Crippen LogP contribution in [0.5, 0.6) is 0 Å². The minimum atomic E-state index is -4.04. The molecule has 0 saturated carbocycles. The average molecular weight is 519 g/mol. The lowest BCUT2D eigenvalue weighted by atomic mass is 10.1. The minimum Gasteiger partial charge on any atom is -0.330 e. The highest BCUT2D eigenvalue weighted by atomic mass is 35.5. The topological polar surface area (TPSA) is 66.5 Å². The van der Waals surface area contributed by atoms with E-state index in [2.05, 4.69) is 4.72 Å². The van der Waals surface area contributed by atoms with Gasteiger partial charge in [-0.25, -0.2) is 8.42 Å². The SMILES string of the molecule is Cc1ccc(C)c(NS(=O)(=O)c2cc(C(=O)N(Cc3ccccc3)Cc3ccccc3)ccc2Cl)c1. The molecule has 0 unspecified atom stereocenters. The maximum Gasteiger partial charge on any atom is 0.263 e. The molecule has 4 rings (SSSR count). The summed E-state index contributed by atoms with van der Waals surface area (Å²) in [5, 5.41) is 0.0435. The van der Waals surface area contributed by atoms with Gasteiger partial charge in [0.2, 0.25) is 0 Å². The highest BCUT2D eigenvalue weighted by Gasteiger charge is 2.23. The second-order valence-electron chi connectivity index (χ2n) is 8.70. The molecule has 0 aliphatic heterocycles. The van der Waals surface area contributed by atoms with Crippen molar-refractivity contribution in [3.8, 4) is 0 Å². The molecule has 1 N–H and O–H groups in total. The third-order valence-corrected chi connectivity index (χ3v) is 7.67. The molecule has 0 fully saturated rings. The molecule has 0 atom stereocenters. The molecular weight excluding hydrogens is 492 g/mol. The predicted octanol–water partition coefficient (Wildman–Crippen LogP) is 6.60. The van der Waals surface area contributed by atoms with E-state index in [-0.39, 0.29) is 21.4 Å². The lowest BCUT2D eigenvalue weighted by molar-refractivity contribution is 0.0730. The first-order valence-electron chi connectivity index (χ1n) is 11.5. The molecule has 0 aliphatic rings. The third-order valence-electron chi connectivity index (χ3n) is 5.82. The first-order valence-corrected chi connectivity index (χ1v) is 13.4. The molecule has 0 radical (unpaired) electrons. The van der Waals surface area contributed by atoms with Crippen molar-refractivity contribution in [3.05, 3.63) is 130 Å². The van der Waals surface area contributed by atoms with E-state index in [1.54, 1.807) is 17.0 Å². The molecule has 0 heterocycles. The number of rotatable bonds is 8. The van der Waals surface area contributed by atoms with Gasteiger partial charge in [-0.05, 0) is 60.4 Å². The van der Waals surface area contributed by atoms with E-state index < -0.39 is 10.0 Å². The lowest BCUT2D eigenvalue weighted by Crippen LogP contribution is -2.30. The van der Waals surface area contributed by atoms with Crippen molar-refractivity contribution in [1.82, 2.24) is 4.90 Å². The van der Waals surface area contributed by atoms with Crippen LogP contribution in [0.25, 0.3) is 0 Å². The van der Waals surface area contributed by atoms with E-state index in [4.69, 9.17) is 11.6 Å². The van der Waals surface area contributed by atoms with Crippen molar-refractivity contribution in [2.45, 2.75) is 31.8 Å². The van der Waals surface area contributed by atoms with E-state index in [1.807, 2.05) is 86.6 Å². The molecule has 36 heavy (non-hydrogen) atoms. The van der Waals surface area contributed by atoms with Gasteiger partial charge in [0.05, 0.1) is 10.7 Å². The van der Waals surface area contributed by atoms with Crippen LogP contribution in [-0.2, 0) is 23.1 Å². The molecule has 4 aromatic carbocycles. The summed E-state index contributed by atoms with van der Waals surface area (Å²) in [5.74, 6) is -0.289. The minimum absolute atomic E-state index is 0.0435. The Morgan fingerprint density at radius 3 is 1.97 bits per heavy atom. The number of carbonyl (C=O) groups is 1. The normalized spacial score (nSPS) is 11.2. The Morgan fingerprint density at radius 1 is 0.806 bits per heavy atom. The zero-order valence-corrected chi connectivity index (χ0v) is 21.7. The Labute approximate surface area is 217 Å². The molecule has 5 nitrogen and oxygen atoms in total. The number of benzene rings is 4. The number of amides is 1. The van der Waals surface area contributed by atoms with Gasteiger partial charge < -0.3 is 4.90 Å². The summed E-state index contributed by atoms with van der Waals surface area (Å²) in [6, 6.07) is 29.2. The molecular formula is C29H27ClN2O3S. The van der Waals surface area contributed by atoms with Gasteiger partial charge in [-0.15, -0.1) is 0 Å². The van der Waals surface area contributed by atoms with Crippen molar-refractivity contribution < 1.29 is 13.2 Å². The van der Waals surface area contributed by atoms with Crippen LogP contribution in [0.2, 0.25) is 5.02 Å². The second-order valence-corrected chi connectivity index (χ2v) is 10.8. The fraction of sp³-hybridized carbons (Fsp3) is 0.138. The first kappa shape index (κ1) is 25.5. The number of hydrogen-bond acceptors (Lipinski definition) is 3. The van der Waals surface area contributed by atoms with Gasteiger partial charge in [-0.1, -0.05) is 84.4 Å². The molecule has 0 bridgehead atoms. The number of nitrogens with one attached hydrogen (secondary N) is 1. The quantitative estimate of drug-likeness (QED) is 0.286. The Balaban J connectivity index is 1.67. The zero-order valence-electron chi connectivity index (χ0n) is 20.1. The Kier molecular flexibility index (Phi) is 7.77. The summed E-state index contributed by atoms with van der Waals surface area (Å²) in [6.45, 7) is 4.46. The smallest absolute Gasteiger partial charge is 0.263 e. The van der Waals surface area contributed by atoms with Crippen LogP contribution in [0.15, 0.2) is 102 Å². The largest absolute Gasteiger partial charge is 0.330 e. The number of hydrogen-bond donors (Lipinski definition) is 1. The van der Waals surface area contributed by atoms with Gasteiger partial charge in [-0.2, -0.15) is 0 Å². The number of nitrogens with zero attached hydrogens (tertiary/aromatic N) is 1. The molecule has 184 valence electrons. The van der Waals surface area contributed by atoms with Crippen molar-refractivity contribution in [2.24, 2.45) is 0 Å². The summed E-state index contributed by atoms with van der Waals surface area (Å²) >= 11 is 6.32. The second kappa shape index (κ2) is 11.0. The summed E-state index contributed by atoms with van der Waals surface area (Å²) in [7, 11) is -4.04. The molecule has 0 spiro atoms. The van der Waals surface area contributed by atoms with Gasteiger partial charge in [0, 0.05) is 18.7 Å². The maximum absolute atomic E-state index is 13.7. The van der Waals surface area contributed by atoms with E-state index in [0.29, 0.717) is 18.8 Å². The summed E-state index contributed by atoms with van der Waals surface area (Å²) in [6.07, 6.45) is 0. The van der Waals surface area contributed by atoms with Crippen LogP contribution in [0.3, 0.4) is 0 Å². The van der Waals surface area contributed by atoms with E-state index >= 15 is 0 Å². The molecule has 0 saturated heterocycles. The van der Waals surface area contributed by atoms with Gasteiger partial charge in [0.15, 0.2) is 0 Å². The van der Waals surface area contributed by atoms with Crippen LogP contribution in [0.4, 0.5) is 5.69 Å². The van der Waals surface area contributed by atoms with E-state index in [9.17, 15) is 13.2 Å². The fourth-order valence-electron chi connectivity index (χ4n) is 3.88. The third kappa shape index (κ3) is 6.14. The Morgan fingerprint density at radius 2 is 1.39 bits per heavy atom. The highest BCUT2D eigenvalue weighted by Crippen LogP contribution is 2.28. The van der Waals surface area contributed by atoms with Crippen LogP contribution in [0.1, 0.15) is 32.6 Å². The Bertz CT molecular complexity index is 1430. The van der Waals surface area contributed by atoms with Gasteiger partial charge in [-0.3, -0.25) is 9.52 Å².